The highest BCUT2D eigenvalue weighted by Gasteiger charge is 2.68. The average Bonchev–Trinajstić information content (AvgIpc) is 2.73. The van der Waals surface area contributed by atoms with Gasteiger partial charge in [-0.1, -0.05) is 19.9 Å². The number of aliphatic carboxylic acids is 1. The maximum atomic E-state index is 12.1. The van der Waals surface area contributed by atoms with Crippen molar-refractivity contribution in [3.63, 3.8) is 0 Å². The minimum absolute atomic E-state index is 0.0841. The summed E-state index contributed by atoms with van der Waals surface area (Å²) in [5.74, 6) is 0.371. The van der Waals surface area contributed by atoms with E-state index in [1.165, 1.54) is 18.4 Å². The van der Waals surface area contributed by atoms with Crippen LogP contribution in [0.1, 0.15) is 78.6 Å². The molecule has 1 spiro atoms. The van der Waals surface area contributed by atoms with E-state index in [-0.39, 0.29) is 11.0 Å². The van der Waals surface area contributed by atoms with Crippen LogP contribution in [0, 0.1) is 28.1 Å². The fourth-order valence-electron chi connectivity index (χ4n) is 8.09. The number of hydrogen-bond donors (Lipinski definition) is 1. The Morgan fingerprint density at radius 3 is 2.60 bits per heavy atom. The Morgan fingerprint density at radius 2 is 1.92 bits per heavy atom. The van der Waals surface area contributed by atoms with Gasteiger partial charge in [0, 0.05) is 6.61 Å². The lowest BCUT2D eigenvalue weighted by Gasteiger charge is -2.63. The number of carbonyl (C=O) groups is 1. The van der Waals surface area contributed by atoms with Gasteiger partial charge in [-0.25, -0.2) is 0 Å². The zero-order valence-corrected chi connectivity index (χ0v) is 16.2. The van der Waals surface area contributed by atoms with Crippen molar-refractivity contribution < 1.29 is 14.6 Å². The van der Waals surface area contributed by atoms with Crippen LogP contribution in [-0.2, 0) is 9.53 Å². The van der Waals surface area contributed by atoms with E-state index in [0.717, 1.165) is 51.6 Å². The second kappa shape index (κ2) is 5.34. The normalized spacial score (nSPS) is 51.7. The predicted octanol–water partition coefficient (Wildman–Crippen LogP) is 5.20. The summed E-state index contributed by atoms with van der Waals surface area (Å²) in [5, 5.41) is 10.00. The fraction of sp³-hybridized carbons (Fsp3) is 0.864. The summed E-state index contributed by atoms with van der Waals surface area (Å²) in [4.78, 5) is 12.1. The van der Waals surface area contributed by atoms with Gasteiger partial charge in [0.1, 0.15) is 0 Å². The Bertz CT molecular complexity index is 612. The molecular formula is C22H34O3. The van der Waals surface area contributed by atoms with E-state index < -0.39 is 11.4 Å². The molecule has 1 N–H and O–H groups in total. The highest BCUT2D eigenvalue weighted by atomic mass is 16.5. The van der Waals surface area contributed by atoms with E-state index in [1.807, 2.05) is 6.92 Å². The lowest BCUT2D eigenvalue weighted by molar-refractivity contribution is -0.188. The van der Waals surface area contributed by atoms with Gasteiger partial charge in [0.15, 0.2) is 0 Å². The van der Waals surface area contributed by atoms with Gasteiger partial charge in [-0.15, -0.1) is 0 Å². The number of carboxylic acid groups (broad SMARTS) is 1. The summed E-state index contributed by atoms with van der Waals surface area (Å²) in [6.07, 6.45) is 9.81. The van der Waals surface area contributed by atoms with Crippen LogP contribution >= 0.6 is 0 Å². The molecule has 4 fully saturated rings. The molecule has 3 nitrogen and oxygen atoms in total. The summed E-state index contributed by atoms with van der Waals surface area (Å²) in [5.41, 5.74) is 1.16. The Balaban J connectivity index is 1.72. The molecule has 4 saturated carbocycles. The smallest absolute Gasteiger partial charge is 0.309 e. The molecule has 0 aliphatic heterocycles. The molecule has 0 aromatic carbocycles. The Morgan fingerprint density at radius 1 is 1.20 bits per heavy atom. The Hall–Kier alpha value is -0.830. The van der Waals surface area contributed by atoms with Crippen molar-refractivity contribution in [1.29, 1.82) is 0 Å². The summed E-state index contributed by atoms with van der Waals surface area (Å²) in [7, 11) is 0. The third-order valence-corrected chi connectivity index (χ3v) is 9.04. The maximum absolute atomic E-state index is 12.1. The number of ether oxygens (including phenoxy) is 1. The van der Waals surface area contributed by atoms with E-state index in [0.29, 0.717) is 17.3 Å². The minimum atomic E-state index is -0.574. The van der Waals surface area contributed by atoms with Gasteiger partial charge in [-0.3, -0.25) is 4.79 Å². The van der Waals surface area contributed by atoms with Crippen LogP contribution in [-0.4, -0.2) is 23.3 Å². The van der Waals surface area contributed by atoms with E-state index >= 15 is 0 Å². The molecule has 4 aliphatic rings. The van der Waals surface area contributed by atoms with Crippen LogP contribution in [0.4, 0.5) is 0 Å². The molecule has 0 amide bonds. The molecule has 4 rings (SSSR count). The second-order valence-corrected chi connectivity index (χ2v) is 10.0. The molecule has 0 radical (unpaired) electrons. The van der Waals surface area contributed by atoms with Crippen molar-refractivity contribution in [3.05, 3.63) is 12.2 Å². The highest BCUT2D eigenvalue weighted by molar-refractivity contribution is 5.75. The van der Waals surface area contributed by atoms with Crippen LogP contribution in [0.5, 0.6) is 0 Å². The number of rotatable bonds is 3. The Labute approximate surface area is 152 Å². The molecule has 2 bridgehead atoms. The van der Waals surface area contributed by atoms with Crippen LogP contribution in [0.3, 0.4) is 0 Å². The fourth-order valence-corrected chi connectivity index (χ4v) is 8.09. The maximum Gasteiger partial charge on any atom is 0.309 e. The summed E-state index contributed by atoms with van der Waals surface area (Å²) >= 11 is 0. The number of carboxylic acids is 1. The second-order valence-electron chi connectivity index (χ2n) is 10.0. The zero-order valence-electron chi connectivity index (χ0n) is 16.2. The van der Waals surface area contributed by atoms with Crippen molar-refractivity contribution >= 4 is 5.97 Å². The van der Waals surface area contributed by atoms with E-state index in [2.05, 4.69) is 20.4 Å². The molecular weight excluding hydrogens is 312 g/mol. The Kier molecular flexibility index (Phi) is 3.76. The molecule has 0 saturated heterocycles. The van der Waals surface area contributed by atoms with Crippen molar-refractivity contribution in [2.45, 2.75) is 84.2 Å². The molecule has 0 aromatic rings. The van der Waals surface area contributed by atoms with Gasteiger partial charge < -0.3 is 9.84 Å². The zero-order chi connectivity index (χ0) is 18.1. The predicted molar refractivity (Wildman–Crippen MR) is 98.3 cm³/mol. The van der Waals surface area contributed by atoms with Crippen LogP contribution < -0.4 is 0 Å². The molecule has 6 unspecified atom stereocenters. The first-order valence-corrected chi connectivity index (χ1v) is 10.3. The largest absolute Gasteiger partial charge is 0.481 e. The van der Waals surface area contributed by atoms with E-state index in [4.69, 9.17) is 4.74 Å². The first-order chi connectivity index (χ1) is 11.7. The van der Waals surface area contributed by atoms with Crippen molar-refractivity contribution in [2.24, 2.45) is 28.1 Å². The van der Waals surface area contributed by atoms with Crippen molar-refractivity contribution in [2.75, 3.05) is 6.61 Å². The lowest BCUT2D eigenvalue weighted by atomic mass is 9.41. The molecule has 0 heterocycles. The number of fused-ring (bicyclic) bond motifs is 3. The van der Waals surface area contributed by atoms with Gasteiger partial charge >= 0.3 is 5.97 Å². The molecule has 25 heavy (non-hydrogen) atoms. The third-order valence-electron chi connectivity index (χ3n) is 9.04. The third kappa shape index (κ3) is 2.11. The quantitative estimate of drug-likeness (QED) is 0.715. The van der Waals surface area contributed by atoms with Crippen molar-refractivity contribution in [1.82, 2.24) is 0 Å². The van der Waals surface area contributed by atoms with Gasteiger partial charge in [0.2, 0.25) is 0 Å². The van der Waals surface area contributed by atoms with Gasteiger partial charge in [-0.05, 0) is 93.5 Å². The van der Waals surface area contributed by atoms with Crippen LogP contribution in [0.25, 0.3) is 0 Å². The molecule has 6 atom stereocenters. The summed E-state index contributed by atoms with van der Waals surface area (Å²) < 4.78 is 6.27. The first-order valence-electron chi connectivity index (χ1n) is 10.3. The molecule has 3 heteroatoms. The van der Waals surface area contributed by atoms with Gasteiger partial charge in [-0.2, -0.15) is 0 Å². The topological polar surface area (TPSA) is 46.5 Å². The minimum Gasteiger partial charge on any atom is -0.481 e. The SMILES string of the molecule is C=C1CC23CCC4C(C)(C(=O)O)CCCC4(C)C2CCC1(OCC)C3. The first kappa shape index (κ1) is 17.6. The van der Waals surface area contributed by atoms with E-state index in [1.54, 1.807) is 0 Å². The summed E-state index contributed by atoms with van der Waals surface area (Å²) in [6.45, 7) is 11.7. The molecule has 4 aliphatic carbocycles. The number of hydrogen-bond acceptors (Lipinski definition) is 2. The van der Waals surface area contributed by atoms with Crippen molar-refractivity contribution in [3.8, 4) is 0 Å². The van der Waals surface area contributed by atoms with E-state index in [9.17, 15) is 9.90 Å². The average molecular weight is 347 g/mol. The van der Waals surface area contributed by atoms with Gasteiger partial charge in [0.25, 0.3) is 0 Å². The summed E-state index contributed by atoms with van der Waals surface area (Å²) in [6, 6.07) is 0. The standard InChI is InChI=1S/C22H34O3/c1-5-25-22-12-8-17-19(3)9-6-10-20(4,18(23)24)16(19)7-11-21(17,14-22)13-15(22)2/h16-17H,2,5-14H2,1,3-4H3,(H,23,24). The van der Waals surface area contributed by atoms with Gasteiger partial charge in [0.05, 0.1) is 11.0 Å². The lowest BCUT2D eigenvalue weighted by Crippen LogP contribution is -2.59. The molecule has 0 aromatic heterocycles. The highest BCUT2D eigenvalue weighted by Crippen LogP contribution is 2.73. The van der Waals surface area contributed by atoms with Crippen LogP contribution in [0.15, 0.2) is 12.2 Å². The monoisotopic (exact) mass is 346 g/mol. The van der Waals surface area contributed by atoms with Crippen LogP contribution in [0.2, 0.25) is 0 Å². The molecule has 140 valence electrons.